The van der Waals surface area contributed by atoms with Crippen molar-refractivity contribution in [3.63, 3.8) is 0 Å². The zero-order valence-corrected chi connectivity index (χ0v) is 15.4. The van der Waals surface area contributed by atoms with Gasteiger partial charge >= 0.3 is 0 Å². The van der Waals surface area contributed by atoms with E-state index < -0.39 is 0 Å². The van der Waals surface area contributed by atoms with Crippen LogP contribution in [0.25, 0.3) is 5.70 Å². The van der Waals surface area contributed by atoms with Gasteiger partial charge in [-0.05, 0) is 24.8 Å². The average molecular weight is 353 g/mol. The van der Waals surface area contributed by atoms with Crippen molar-refractivity contribution in [3.8, 4) is 18.1 Å². The third-order valence-electron chi connectivity index (χ3n) is 3.24. The second-order valence-corrected chi connectivity index (χ2v) is 4.53. The molecule has 2 rings (SSSR count). The second-order valence-electron chi connectivity index (χ2n) is 4.53. The number of rotatable bonds is 4. The average Bonchev–Trinajstić information content (AvgIpc) is 2.48. The number of hydrogen-bond donors (Lipinski definition) is 0. The van der Waals surface area contributed by atoms with Crippen LogP contribution in [0.1, 0.15) is 19.4 Å². The quantitative estimate of drug-likeness (QED) is 0.605. The summed E-state index contributed by atoms with van der Waals surface area (Å²) < 4.78 is 5.38. The molecule has 1 radical (unpaired) electrons. The Morgan fingerprint density at radius 1 is 1.33 bits per heavy atom. The second kappa shape index (κ2) is 8.22. The van der Waals surface area contributed by atoms with Gasteiger partial charge in [0.25, 0.3) is 0 Å². The maximum Gasteiger partial charge on any atom is 0.148 e. The number of nitrogens with zero attached hydrogens (tertiary/aromatic N) is 1. The van der Waals surface area contributed by atoms with E-state index in [1.165, 1.54) is 0 Å². The van der Waals surface area contributed by atoms with Crippen LogP contribution in [0.3, 0.4) is 0 Å². The Morgan fingerprint density at radius 2 is 2.00 bits per heavy atom. The van der Waals surface area contributed by atoms with Crippen LogP contribution < -0.4 is 4.74 Å². The molecule has 21 heavy (non-hydrogen) atoms. The predicted octanol–water partition coefficient (Wildman–Crippen LogP) is 3.64. The molecule has 0 atom stereocenters. The molecule has 0 aromatic heterocycles. The summed E-state index contributed by atoms with van der Waals surface area (Å²) in [6, 6.07) is 7.86. The standard InChI is InChI=1S/C18H18NO.Y/c1-5-13-20-17-10-8-16(9-11-17)18-12-7-14(3)15(4)19(18)6-2;/h1,7-11H,4,6,13H2,2-3H3;/q-1;. The zero-order valence-electron chi connectivity index (χ0n) is 12.5. The molecule has 0 amide bonds. The van der Waals surface area contributed by atoms with Crippen molar-refractivity contribution in [2.75, 3.05) is 13.2 Å². The minimum Gasteiger partial charge on any atom is -0.481 e. The van der Waals surface area contributed by atoms with Crippen LogP contribution >= 0.6 is 0 Å². The van der Waals surface area contributed by atoms with Crippen LogP contribution in [0.4, 0.5) is 0 Å². The summed E-state index contributed by atoms with van der Waals surface area (Å²) in [4.78, 5) is 2.16. The first-order chi connectivity index (χ1) is 9.67. The van der Waals surface area contributed by atoms with Crippen molar-refractivity contribution in [2.24, 2.45) is 0 Å². The first kappa shape index (κ1) is 17.8. The summed E-state index contributed by atoms with van der Waals surface area (Å²) in [6.45, 7) is 9.43. The van der Waals surface area contributed by atoms with Crippen LogP contribution in [-0.2, 0) is 32.7 Å². The molecule has 1 aromatic rings. The van der Waals surface area contributed by atoms with Crippen molar-refractivity contribution in [1.82, 2.24) is 4.90 Å². The van der Waals surface area contributed by atoms with E-state index in [9.17, 15) is 0 Å². The molecule has 1 aromatic carbocycles. The number of terminal acetylenes is 1. The SMILES string of the molecule is C#CCOc1ccc(C2=[C-]C=C(C)C(=C)N2CC)cc1.[Y]. The number of allylic oxidation sites excluding steroid dienone is 3. The van der Waals surface area contributed by atoms with Gasteiger partial charge in [-0.1, -0.05) is 30.7 Å². The van der Waals surface area contributed by atoms with Gasteiger partial charge in [0.05, 0.1) is 0 Å². The molecule has 1 heterocycles. The van der Waals surface area contributed by atoms with Crippen LogP contribution in [0.5, 0.6) is 5.75 Å². The van der Waals surface area contributed by atoms with Crippen LogP contribution in [0, 0.1) is 18.4 Å². The third-order valence-corrected chi connectivity index (χ3v) is 3.24. The van der Waals surface area contributed by atoms with Crippen molar-refractivity contribution in [3.05, 3.63) is 59.8 Å². The number of ether oxygens (including phenoxy) is 1. The van der Waals surface area contributed by atoms with Gasteiger partial charge in [-0.2, -0.15) is 12.2 Å². The van der Waals surface area contributed by atoms with Crippen molar-refractivity contribution in [2.45, 2.75) is 13.8 Å². The summed E-state index contributed by atoms with van der Waals surface area (Å²) in [5, 5.41) is 0. The smallest absolute Gasteiger partial charge is 0.148 e. The van der Waals surface area contributed by atoms with E-state index in [4.69, 9.17) is 11.2 Å². The van der Waals surface area contributed by atoms with Gasteiger partial charge in [-0.15, -0.1) is 24.1 Å². The first-order valence-electron chi connectivity index (χ1n) is 6.61. The fourth-order valence-electron chi connectivity index (χ4n) is 2.11. The van der Waals surface area contributed by atoms with Gasteiger partial charge in [-0.25, -0.2) is 0 Å². The molecular weight excluding hydrogens is 335 g/mol. The van der Waals surface area contributed by atoms with Crippen LogP contribution in [-0.4, -0.2) is 18.1 Å². The Balaban J connectivity index is 0.00000220. The third kappa shape index (κ3) is 4.09. The molecule has 0 spiro atoms. The number of benzene rings is 1. The first-order valence-corrected chi connectivity index (χ1v) is 6.61. The topological polar surface area (TPSA) is 12.5 Å². The molecule has 0 fully saturated rings. The minimum absolute atomic E-state index is 0. The molecule has 2 nitrogen and oxygen atoms in total. The van der Waals surface area contributed by atoms with Gasteiger partial charge in [0.15, 0.2) is 0 Å². The molecule has 0 saturated carbocycles. The van der Waals surface area contributed by atoms with E-state index in [2.05, 4.69) is 30.4 Å². The molecule has 1 aliphatic rings. The van der Waals surface area contributed by atoms with Crippen molar-refractivity contribution >= 4 is 5.70 Å². The molecule has 0 unspecified atom stereocenters. The van der Waals surface area contributed by atoms with Gasteiger partial charge in [0.2, 0.25) is 0 Å². The Labute approximate surface area is 152 Å². The van der Waals surface area contributed by atoms with E-state index in [1.54, 1.807) is 0 Å². The maximum atomic E-state index is 5.38. The molecular formula is C18H18NOY-. The van der Waals surface area contributed by atoms with Gasteiger partial charge in [0.1, 0.15) is 12.4 Å². The van der Waals surface area contributed by atoms with E-state index in [0.717, 1.165) is 34.8 Å². The summed E-state index contributed by atoms with van der Waals surface area (Å²) >= 11 is 0. The van der Waals surface area contributed by atoms with E-state index in [1.807, 2.05) is 37.3 Å². The summed E-state index contributed by atoms with van der Waals surface area (Å²) in [5.74, 6) is 3.23. The van der Waals surface area contributed by atoms with E-state index in [-0.39, 0.29) is 39.3 Å². The summed E-state index contributed by atoms with van der Waals surface area (Å²) in [7, 11) is 0. The predicted molar refractivity (Wildman–Crippen MR) is 82.7 cm³/mol. The number of hydrogen-bond acceptors (Lipinski definition) is 2. The van der Waals surface area contributed by atoms with E-state index in [0.29, 0.717) is 0 Å². The van der Waals surface area contributed by atoms with Crippen LogP contribution in [0.2, 0.25) is 0 Å². The molecule has 1 aliphatic heterocycles. The fraction of sp³-hybridized carbons (Fsp3) is 0.222. The molecule has 0 aliphatic carbocycles. The van der Waals surface area contributed by atoms with Gasteiger partial charge in [-0.3, -0.25) is 0 Å². The van der Waals surface area contributed by atoms with Gasteiger partial charge in [0, 0.05) is 39.3 Å². The summed E-state index contributed by atoms with van der Waals surface area (Å²) in [5.41, 5.74) is 4.29. The molecule has 3 heteroatoms. The van der Waals surface area contributed by atoms with Gasteiger partial charge < -0.3 is 9.64 Å². The summed E-state index contributed by atoms with van der Waals surface area (Å²) in [6.07, 6.45) is 10.5. The largest absolute Gasteiger partial charge is 0.481 e. The Bertz CT molecular complexity index is 605. The normalized spacial score (nSPS) is 13.8. The Hall–Kier alpha value is -1.30. The Morgan fingerprint density at radius 3 is 2.57 bits per heavy atom. The molecule has 105 valence electrons. The van der Waals surface area contributed by atoms with Crippen molar-refractivity contribution in [1.29, 1.82) is 0 Å². The molecule has 0 N–H and O–H groups in total. The molecule has 0 saturated heterocycles. The van der Waals surface area contributed by atoms with E-state index >= 15 is 0 Å². The zero-order chi connectivity index (χ0) is 14.5. The fourth-order valence-corrected chi connectivity index (χ4v) is 2.11. The maximum absolute atomic E-state index is 5.38. The van der Waals surface area contributed by atoms with Crippen molar-refractivity contribution < 1.29 is 37.4 Å². The Kier molecular flexibility index (Phi) is 6.95. The molecule has 0 bridgehead atoms. The monoisotopic (exact) mass is 353 g/mol. The number of likely N-dealkylation sites (N-methyl/N-ethyl adjacent to an activating group) is 1. The van der Waals surface area contributed by atoms with Crippen LogP contribution in [0.15, 0.2) is 48.2 Å². The minimum atomic E-state index is 0.